The maximum Gasteiger partial charge on any atom is 0.135 e. The van der Waals surface area contributed by atoms with Crippen LogP contribution in [0.15, 0.2) is 67.3 Å². The summed E-state index contributed by atoms with van der Waals surface area (Å²) in [6, 6.07) is 16.2. The predicted octanol–water partition coefficient (Wildman–Crippen LogP) is 5.41. The molecule has 2 aromatic carbocycles. The summed E-state index contributed by atoms with van der Waals surface area (Å²) in [5, 5.41) is 5.19. The summed E-state index contributed by atoms with van der Waals surface area (Å²) in [6.45, 7) is 5.08. The largest absolute Gasteiger partial charge is 0.383 e. The zero-order valence-electron chi connectivity index (χ0n) is 16.4. The molecule has 6 heteroatoms. The Balaban J connectivity index is 1.64. The monoisotopic (exact) mass is 403 g/mol. The Hall–Kier alpha value is -3.18. The smallest absolute Gasteiger partial charge is 0.135 e. The van der Waals surface area contributed by atoms with E-state index in [4.69, 9.17) is 17.3 Å². The lowest BCUT2D eigenvalue weighted by Gasteiger charge is -2.10. The minimum absolute atomic E-state index is 0.425. The first-order valence-corrected chi connectivity index (χ1v) is 9.87. The molecule has 2 N–H and O–H groups in total. The third kappa shape index (κ3) is 4.15. The number of nitrogen functional groups attached to an aromatic ring is 1. The molecule has 0 aliphatic rings. The van der Waals surface area contributed by atoms with Gasteiger partial charge >= 0.3 is 0 Å². The number of nitrogens with two attached hydrogens (primary N) is 1. The number of aromatic nitrogens is 4. The van der Waals surface area contributed by atoms with Gasteiger partial charge in [0.1, 0.15) is 12.1 Å². The Kier molecular flexibility index (Phi) is 5.32. The van der Waals surface area contributed by atoms with Crippen molar-refractivity contribution < 1.29 is 0 Å². The van der Waals surface area contributed by atoms with Crippen molar-refractivity contribution in [2.75, 3.05) is 5.73 Å². The molecule has 0 saturated carbocycles. The van der Waals surface area contributed by atoms with E-state index in [1.165, 1.54) is 17.5 Å². The van der Waals surface area contributed by atoms with E-state index in [1.54, 1.807) is 0 Å². The highest BCUT2D eigenvalue weighted by atomic mass is 35.5. The van der Waals surface area contributed by atoms with Crippen molar-refractivity contribution in [1.82, 2.24) is 19.7 Å². The summed E-state index contributed by atoms with van der Waals surface area (Å²) >= 11 is 6.03. The Morgan fingerprint density at radius 3 is 2.38 bits per heavy atom. The van der Waals surface area contributed by atoms with Gasteiger partial charge < -0.3 is 5.73 Å². The van der Waals surface area contributed by atoms with Crippen LogP contribution in [0.1, 0.15) is 30.9 Å². The fourth-order valence-electron chi connectivity index (χ4n) is 3.29. The van der Waals surface area contributed by atoms with Crippen molar-refractivity contribution in [1.29, 1.82) is 0 Å². The summed E-state index contributed by atoms with van der Waals surface area (Å²) in [6.07, 6.45) is 5.27. The second kappa shape index (κ2) is 8.05. The molecule has 4 aromatic rings. The van der Waals surface area contributed by atoms with Crippen LogP contribution in [0.4, 0.5) is 5.82 Å². The highest BCUT2D eigenvalue weighted by molar-refractivity contribution is 6.30. The average molecular weight is 404 g/mol. The Bertz CT molecular complexity index is 1110. The van der Waals surface area contributed by atoms with Crippen LogP contribution in [0.2, 0.25) is 5.02 Å². The molecular weight excluding hydrogens is 382 g/mol. The summed E-state index contributed by atoms with van der Waals surface area (Å²) in [7, 11) is 0. The average Bonchev–Trinajstić information content (AvgIpc) is 3.17. The molecule has 0 unspecified atom stereocenters. The lowest BCUT2D eigenvalue weighted by atomic mass is 10.0. The van der Waals surface area contributed by atoms with Crippen LogP contribution < -0.4 is 5.73 Å². The van der Waals surface area contributed by atoms with Crippen molar-refractivity contribution in [2.45, 2.75) is 26.3 Å². The van der Waals surface area contributed by atoms with E-state index in [1.807, 2.05) is 41.3 Å². The van der Waals surface area contributed by atoms with Gasteiger partial charge in [-0.25, -0.2) is 9.97 Å². The van der Waals surface area contributed by atoms with Gasteiger partial charge in [-0.15, -0.1) is 0 Å². The Morgan fingerprint density at radius 1 is 0.966 bits per heavy atom. The Morgan fingerprint density at radius 2 is 1.69 bits per heavy atom. The maximum atomic E-state index is 6.19. The number of hydrogen-bond donors (Lipinski definition) is 1. The molecule has 5 nitrogen and oxygen atoms in total. The van der Waals surface area contributed by atoms with E-state index in [9.17, 15) is 0 Å². The molecule has 0 fully saturated rings. The molecule has 0 radical (unpaired) electrons. The summed E-state index contributed by atoms with van der Waals surface area (Å²) in [5.41, 5.74) is 12.1. The molecule has 0 aliphatic carbocycles. The fraction of sp³-hybridized carbons (Fsp3) is 0.174. The number of nitrogens with zero attached hydrogens (tertiary/aromatic N) is 4. The van der Waals surface area contributed by atoms with Crippen molar-refractivity contribution in [2.24, 2.45) is 0 Å². The maximum absolute atomic E-state index is 6.19. The SMILES string of the molecule is CC(C)c1ccc(Cn2cc(-c3ncnc(N)c3-c3ccc(Cl)cc3)cn2)cc1. The standard InChI is InChI=1S/C23H22ClN5/c1-15(2)17-5-3-16(4-6-17)12-29-13-19(11-28-29)22-21(23(25)27-14-26-22)18-7-9-20(24)10-8-18/h3-11,13-15H,12H2,1-2H3,(H2,25,26,27). The van der Waals surface area contributed by atoms with E-state index < -0.39 is 0 Å². The highest BCUT2D eigenvalue weighted by Crippen LogP contribution is 2.34. The van der Waals surface area contributed by atoms with Crippen molar-refractivity contribution in [3.8, 4) is 22.4 Å². The van der Waals surface area contributed by atoms with Gasteiger partial charge in [-0.2, -0.15) is 5.10 Å². The van der Waals surface area contributed by atoms with E-state index in [0.29, 0.717) is 23.3 Å². The number of rotatable bonds is 5. The van der Waals surface area contributed by atoms with E-state index in [0.717, 1.165) is 22.4 Å². The summed E-state index contributed by atoms with van der Waals surface area (Å²) in [5.74, 6) is 0.948. The molecule has 0 bridgehead atoms. The molecule has 0 amide bonds. The number of benzene rings is 2. The second-order valence-electron chi connectivity index (χ2n) is 7.31. The number of anilines is 1. The van der Waals surface area contributed by atoms with Crippen LogP contribution in [-0.2, 0) is 6.54 Å². The summed E-state index contributed by atoms with van der Waals surface area (Å²) in [4.78, 5) is 8.65. The van der Waals surface area contributed by atoms with Gasteiger partial charge in [-0.3, -0.25) is 4.68 Å². The zero-order valence-corrected chi connectivity index (χ0v) is 17.1. The lowest BCUT2D eigenvalue weighted by Crippen LogP contribution is -2.00. The second-order valence-corrected chi connectivity index (χ2v) is 7.75. The van der Waals surface area contributed by atoms with Crippen LogP contribution in [0, 0.1) is 0 Å². The number of halogens is 1. The van der Waals surface area contributed by atoms with Gasteiger partial charge in [-0.05, 0) is 34.7 Å². The quantitative estimate of drug-likeness (QED) is 0.483. The van der Waals surface area contributed by atoms with Gasteiger partial charge in [0.25, 0.3) is 0 Å². The van der Waals surface area contributed by atoms with E-state index in [-0.39, 0.29) is 0 Å². The molecule has 2 aromatic heterocycles. The third-order valence-electron chi connectivity index (χ3n) is 4.91. The normalized spacial score (nSPS) is 11.2. The van der Waals surface area contributed by atoms with Crippen LogP contribution in [0.5, 0.6) is 0 Å². The van der Waals surface area contributed by atoms with Crippen LogP contribution in [-0.4, -0.2) is 19.7 Å². The van der Waals surface area contributed by atoms with Crippen molar-refractivity contribution in [3.63, 3.8) is 0 Å². The highest BCUT2D eigenvalue weighted by Gasteiger charge is 2.15. The van der Waals surface area contributed by atoms with Crippen LogP contribution in [0.25, 0.3) is 22.4 Å². The minimum Gasteiger partial charge on any atom is -0.383 e. The molecule has 0 atom stereocenters. The first-order chi connectivity index (χ1) is 14.0. The Labute approximate surface area is 175 Å². The van der Waals surface area contributed by atoms with Crippen molar-refractivity contribution in [3.05, 3.63) is 83.4 Å². The predicted molar refractivity (Wildman–Crippen MR) is 118 cm³/mol. The van der Waals surface area contributed by atoms with Gasteiger partial charge in [0.2, 0.25) is 0 Å². The summed E-state index contributed by atoms with van der Waals surface area (Å²) < 4.78 is 1.91. The topological polar surface area (TPSA) is 69.6 Å². The number of hydrogen-bond acceptors (Lipinski definition) is 4. The third-order valence-corrected chi connectivity index (χ3v) is 5.16. The van der Waals surface area contributed by atoms with Gasteiger partial charge in [-0.1, -0.05) is 61.8 Å². The lowest BCUT2D eigenvalue weighted by molar-refractivity contribution is 0.686. The van der Waals surface area contributed by atoms with Crippen LogP contribution in [0.3, 0.4) is 0 Å². The van der Waals surface area contributed by atoms with E-state index >= 15 is 0 Å². The first-order valence-electron chi connectivity index (χ1n) is 9.49. The molecule has 146 valence electrons. The molecule has 0 aliphatic heterocycles. The van der Waals surface area contributed by atoms with Crippen LogP contribution >= 0.6 is 11.6 Å². The molecular formula is C23H22ClN5. The fourth-order valence-corrected chi connectivity index (χ4v) is 3.41. The molecule has 4 rings (SSSR count). The van der Waals surface area contributed by atoms with Gasteiger partial charge in [0, 0.05) is 16.8 Å². The minimum atomic E-state index is 0.425. The van der Waals surface area contributed by atoms with Crippen molar-refractivity contribution >= 4 is 17.4 Å². The first kappa shape index (κ1) is 19.2. The zero-order chi connectivity index (χ0) is 20.4. The molecule has 0 spiro atoms. The van der Waals surface area contributed by atoms with Gasteiger partial charge in [0.15, 0.2) is 0 Å². The molecule has 29 heavy (non-hydrogen) atoms. The van der Waals surface area contributed by atoms with Gasteiger partial charge in [0.05, 0.1) is 24.0 Å². The van der Waals surface area contributed by atoms with E-state index in [2.05, 4.69) is 53.2 Å². The molecule has 2 heterocycles. The molecule has 0 saturated heterocycles.